The van der Waals surface area contributed by atoms with Gasteiger partial charge in [-0.15, -0.1) is 11.8 Å². The molecule has 2 aliphatic heterocycles. The number of anilines is 2. The molecule has 0 fully saturated rings. The summed E-state index contributed by atoms with van der Waals surface area (Å²) in [5.41, 5.74) is 3.83. The molecule has 0 spiro atoms. The Bertz CT molecular complexity index is 930. The first-order chi connectivity index (χ1) is 13.6. The Morgan fingerprint density at radius 3 is 2.89 bits per heavy atom. The van der Waals surface area contributed by atoms with Gasteiger partial charge < -0.3 is 15.0 Å². The van der Waals surface area contributed by atoms with Gasteiger partial charge in [0.1, 0.15) is 5.44 Å². The Morgan fingerprint density at radius 2 is 2.11 bits per heavy atom. The molecule has 144 valence electrons. The highest BCUT2D eigenvalue weighted by molar-refractivity contribution is 7.99. The van der Waals surface area contributed by atoms with Gasteiger partial charge in [-0.3, -0.25) is 14.6 Å². The number of pyridine rings is 1. The molecular weight excluding hydrogens is 374 g/mol. The summed E-state index contributed by atoms with van der Waals surface area (Å²) in [6.45, 7) is 2.25. The van der Waals surface area contributed by atoms with Gasteiger partial charge in [-0.1, -0.05) is 0 Å². The maximum Gasteiger partial charge on any atom is 0.290 e. The summed E-state index contributed by atoms with van der Waals surface area (Å²) in [6, 6.07) is 9.59. The smallest absolute Gasteiger partial charge is 0.290 e. The van der Waals surface area contributed by atoms with E-state index in [2.05, 4.69) is 10.3 Å². The molecule has 1 aromatic carbocycles. The third kappa shape index (κ3) is 4.04. The second kappa shape index (κ2) is 8.06. The van der Waals surface area contributed by atoms with Gasteiger partial charge in [-0.05, 0) is 54.0 Å². The summed E-state index contributed by atoms with van der Waals surface area (Å²) < 4.78 is 5.80. The molecule has 1 unspecified atom stereocenters. The van der Waals surface area contributed by atoms with Crippen LogP contribution in [0.15, 0.2) is 54.6 Å². The van der Waals surface area contributed by atoms with Crippen LogP contribution in [0.1, 0.15) is 24.5 Å². The molecule has 0 saturated carbocycles. The van der Waals surface area contributed by atoms with Crippen molar-refractivity contribution in [3.63, 3.8) is 0 Å². The first-order valence-electron chi connectivity index (χ1n) is 9.20. The van der Waals surface area contributed by atoms with E-state index in [9.17, 15) is 9.59 Å². The summed E-state index contributed by atoms with van der Waals surface area (Å²) >= 11 is 1.66. The minimum Gasteiger partial charge on any atom is -0.474 e. The van der Waals surface area contributed by atoms with Crippen LogP contribution < -0.4 is 10.2 Å². The molecule has 1 N–H and O–H groups in total. The highest BCUT2D eigenvalue weighted by Crippen LogP contribution is 2.32. The Morgan fingerprint density at radius 1 is 1.29 bits per heavy atom. The fourth-order valence-corrected chi connectivity index (χ4v) is 4.33. The number of hydrogen-bond donors (Lipinski definition) is 1. The molecule has 2 aliphatic rings. The molecule has 0 bridgehead atoms. The number of benzene rings is 1. The highest BCUT2D eigenvalue weighted by atomic mass is 32.2. The van der Waals surface area contributed by atoms with Gasteiger partial charge in [0.15, 0.2) is 5.76 Å². The lowest BCUT2D eigenvalue weighted by molar-refractivity contribution is -0.117. The monoisotopic (exact) mass is 395 g/mol. The van der Waals surface area contributed by atoms with E-state index in [0.717, 1.165) is 23.4 Å². The molecule has 28 heavy (non-hydrogen) atoms. The predicted octanol–water partition coefficient (Wildman–Crippen LogP) is 3.49. The van der Waals surface area contributed by atoms with Crippen molar-refractivity contribution in [3.8, 4) is 0 Å². The molecular formula is C21H21N3O3S. The zero-order chi connectivity index (χ0) is 19.5. The topological polar surface area (TPSA) is 71.5 Å². The van der Waals surface area contributed by atoms with Crippen LogP contribution in [0.4, 0.5) is 11.4 Å². The lowest BCUT2D eigenvalue weighted by atomic mass is 10.1. The highest BCUT2D eigenvalue weighted by Gasteiger charge is 2.25. The molecule has 3 heterocycles. The van der Waals surface area contributed by atoms with Crippen molar-refractivity contribution in [2.24, 2.45) is 0 Å². The quantitative estimate of drug-likeness (QED) is 0.839. The average molecular weight is 395 g/mol. The number of rotatable bonds is 5. The van der Waals surface area contributed by atoms with Crippen LogP contribution in [0.25, 0.3) is 0 Å². The predicted molar refractivity (Wildman–Crippen MR) is 110 cm³/mol. The van der Waals surface area contributed by atoms with Crippen LogP contribution in [0.5, 0.6) is 0 Å². The van der Waals surface area contributed by atoms with Crippen molar-refractivity contribution < 1.29 is 14.3 Å². The SMILES string of the molecule is CC(=O)N1CCc2cc(NC(=O)C3=CCC(SCc4ccncc4)O3)ccc21. The molecule has 0 saturated heterocycles. The number of hydrogen-bond acceptors (Lipinski definition) is 5. The second-order valence-corrected chi connectivity index (χ2v) is 7.88. The zero-order valence-corrected chi connectivity index (χ0v) is 16.4. The second-order valence-electron chi connectivity index (χ2n) is 6.74. The summed E-state index contributed by atoms with van der Waals surface area (Å²) in [5, 5.41) is 2.90. The van der Waals surface area contributed by atoms with Gasteiger partial charge in [-0.2, -0.15) is 0 Å². The van der Waals surface area contributed by atoms with Crippen molar-refractivity contribution >= 4 is 35.0 Å². The van der Waals surface area contributed by atoms with E-state index in [-0.39, 0.29) is 17.3 Å². The molecule has 1 aromatic heterocycles. The third-order valence-electron chi connectivity index (χ3n) is 4.78. The normalized spacial score (nSPS) is 17.7. The molecule has 2 aromatic rings. The number of thioether (sulfide) groups is 1. The molecule has 0 aliphatic carbocycles. The van der Waals surface area contributed by atoms with Crippen molar-refractivity contribution in [3.05, 3.63) is 65.7 Å². The number of fused-ring (bicyclic) bond motifs is 1. The maximum atomic E-state index is 12.5. The summed E-state index contributed by atoms with van der Waals surface area (Å²) in [5.74, 6) is 0.967. The van der Waals surface area contributed by atoms with Crippen LogP contribution in [-0.4, -0.2) is 28.8 Å². The van der Waals surface area contributed by atoms with Crippen molar-refractivity contribution in [2.45, 2.75) is 31.0 Å². The van der Waals surface area contributed by atoms with Crippen molar-refractivity contribution in [1.29, 1.82) is 0 Å². The summed E-state index contributed by atoms with van der Waals surface area (Å²) in [7, 11) is 0. The van der Waals surface area contributed by atoms with Crippen LogP contribution in [0.3, 0.4) is 0 Å². The lowest BCUT2D eigenvalue weighted by Crippen LogP contribution is -2.25. The Hall–Kier alpha value is -2.80. The molecule has 7 heteroatoms. The van der Waals surface area contributed by atoms with Gasteiger partial charge in [-0.25, -0.2) is 0 Å². The Labute approximate surface area is 168 Å². The van der Waals surface area contributed by atoms with E-state index >= 15 is 0 Å². The number of aromatic nitrogens is 1. The van der Waals surface area contributed by atoms with E-state index < -0.39 is 0 Å². The Kier molecular flexibility index (Phi) is 5.34. The zero-order valence-electron chi connectivity index (χ0n) is 15.6. The number of carbonyl (C=O) groups is 2. The fourth-order valence-electron chi connectivity index (χ4n) is 3.36. The molecule has 2 amide bonds. The largest absolute Gasteiger partial charge is 0.474 e. The number of nitrogens with zero attached hydrogens (tertiary/aromatic N) is 2. The average Bonchev–Trinajstić information content (AvgIpc) is 3.34. The first kappa shape index (κ1) is 18.6. The Balaban J connectivity index is 1.32. The van der Waals surface area contributed by atoms with Crippen LogP contribution in [0, 0.1) is 0 Å². The van der Waals surface area contributed by atoms with Crippen molar-refractivity contribution in [2.75, 3.05) is 16.8 Å². The van der Waals surface area contributed by atoms with Gasteiger partial charge >= 0.3 is 0 Å². The minimum atomic E-state index is -0.242. The minimum absolute atomic E-state index is 0.0374. The van der Waals surface area contributed by atoms with E-state index in [1.165, 1.54) is 5.56 Å². The number of carbonyl (C=O) groups excluding carboxylic acids is 2. The number of nitrogens with one attached hydrogen (secondary N) is 1. The van der Waals surface area contributed by atoms with E-state index in [4.69, 9.17) is 4.74 Å². The van der Waals surface area contributed by atoms with E-state index in [1.54, 1.807) is 36.0 Å². The van der Waals surface area contributed by atoms with Crippen LogP contribution in [0.2, 0.25) is 0 Å². The van der Waals surface area contributed by atoms with Gasteiger partial charge in [0.2, 0.25) is 5.91 Å². The van der Waals surface area contributed by atoms with Gasteiger partial charge in [0, 0.05) is 49.4 Å². The van der Waals surface area contributed by atoms with E-state index in [1.807, 2.05) is 36.4 Å². The summed E-state index contributed by atoms with van der Waals surface area (Å²) in [4.78, 5) is 29.9. The summed E-state index contributed by atoms with van der Waals surface area (Å²) in [6.07, 6.45) is 6.88. The van der Waals surface area contributed by atoms with E-state index in [0.29, 0.717) is 24.4 Å². The fraction of sp³-hybridized carbons (Fsp3) is 0.286. The molecule has 4 rings (SSSR count). The van der Waals surface area contributed by atoms with Gasteiger partial charge in [0.05, 0.1) is 0 Å². The third-order valence-corrected chi connectivity index (χ3v) is 5.94. The van der Waals surface area contributed by atoms with Crippen LogP contribution >= 0.6 is 11.8 Å². The maximum absolute atomic E-state index is 12.5. The number of amides is 2. The standard InChI is InChI=1S/C21H21N3O3S/c1-14(25)24-11-8-16-12-17(2-3-18(16)24)23-21(26)19-4-5-20(27-19)28-13-15-6-9-22-10-7-15/h2-4,6-7,9-10,12,20H,5,8,11,13H2,1H3,(H,23,26). The molecule has 6 nitrogen and oxygen atoms in total. The van der Waals surface area contributed by atoms with Gasteiger partial charge in [0.25, 0.3) is 5.91 Å². The first-order valence-corrected chi connectivity index (χ1v) is 10.2. The van der Waals surface area contributed by atoms with Crippen LogP contribution in [-0.2, 0) is 26.5 Å². The van der Waals surface area contributed by atoms with Crippen molar-refractivity contribution in [1.82, 2.24) is 4.98 Å². The lowest BCUT2D eigenvalue weighted by Gasteiger charge is -2.15. The molecule has 1 atom stereocenters. The molecule has 0 radical (unpaired) electrons. The number of ether oxygens (including phenoxy) is 1.